The van der Waals surface area contributed by atoms with Gasteiger partial charge in [0.1, 0.15) is 0 Å². The Morgan fingerprint density at radius 3 is 2.57 bits per heavy atom. The number of hydrogen-bond acceptors (Lipinski definition) is 2. The third-order valence-corrected chi connectivity index (χ3v) is 5.92. The van der Waals surface area contributed by atoms with E-state index in [1.54, 1.807) is 0 Å². The Bertz CT molecular complexity index is 420. The number of urea groups is 1. The summed E-state index contributed by atoms with van der Waals surface area (Å²) in [5, 5.41) is 3.07. The minimum Gasteiger partial charge on any atom is -0.369 e. The smallest absolute Gasteiger partial charge is 0.317 e. The summed E-state index contributed by atoms with van der Waals surface area (Å²) < 4.78 is 0. The zero-order valence-electron chi connectivity index (χ0n) is 12.8. The predicted octanol–water partition coefficient (Wildman–Crippen LogP) is 1.86. The summed E-state index contributed by atoms with van der Waals surface area (Å²) in [6.45, 7) is 1.99. The van der Waals surface area contributed by atoms with Gasteiger partial charge >= 0.3 is 6.03 Å². The Kier molecular flexibility index (Phi) is 4.09. The maximum absolute atomic E-state index is 12.3. The van der Waals surface area contributed by atoms with E-state index in [1.165, 1.54) is 32.1 Å². The highest BCUT2D eigenvalue weighted by atomic mass is 16.2. The summed E-state index contributed by atoms with van der Waals surface area (Å²) >= 11 is 0. The lowest BCUT2D eigenvalue weighted by molar-refractivity contribution is -0.128. The van der Waals surface area contributed by atoms with Gasteiger partial charge in [-0.05, 0) is 37.5 Å². The molecule has 0 aromatic heterocycles. The quantitative estimate of drug-likeness (QED) is 0.833. The molecular weight excluding hydrogens is 266 g/mol. The lowest BCUT2D eigenvalue weighted by Gasteiger charge is -2.26. The highest BCUT2D eigenvalue weighted by Crippen LogP contribution is 2.48. The van der Waals surface area contributed by atoms with E-state index in [4.69, 9.17) is 5.73 Å². The van der Waals surface area contributed by atoms with E-state index in [9.17, 15) is 9.59 Å². The van der Waals surface area contributed by atoms with Crippen LogP contribution in [0.5, 0.6) is 0 Å². The molecule has 1 aliphatic heterocycles. The van der Waals surface area contributed by atoms with Gasteiger partial charge in [-0.3, -0.25) is 4.79 Å². The zero-order valence-corrected chi connectivity index (χ0v) is 12.8. The third kappa shape index (κ3) is 2.74. The number of hydrogen-bond donors (Lipinski definition) is 2. The number of nitrogens with one attached hydrogen (secondary N) is 1. The summed E-state index contributed by atoms with van der Waals surface area (Å²) in [5.74, 6) is 0.693. The van der Waals surface area contributed by atoms with Crippen LogP contribution in [0.4, 0.5) is 4.79 Å². The molecule has 0 radical (unpaired) electrons. The second-order valence-electron chi connectivity index (χ2n) is 7.18. The summed E-state index contributed by atoms with van der Waals surface area (Å²) in [7, 11) is 0. The maximum atomic E-state index is 12.3. The van der Waals surface area contributed by atoms with Crippen molar-refractivity contribution in [2.24, 2.45) is 23.0 Å². The zero-order chi connectivity index (χ0) is 14.9. The number of rotatable bonds is 3. The molecule has 0 spiro atoms. The van der Waals surface area contributed by atoms with Crippen LogP contribution in [0.25, 0.3) is 0 Å². The van der Waals surface area contributed by atoms with Gasteiger partial charge in [0.15, 0.2) is 0 Å². The van der Waals surface area contributed by atoms with Crippen molar-refractivity contribution in [3.8, 4) is 0 Å². The number of amides is 3. The molecule has 0 unspecified atom stereocenters. The molecule has 2 aliphatic carbocycles. The van der Waals surface area contributed by atoms with E-state index in [0.717, 1.165) is 25.8 Å². The van der Waals surface area contributed by atoms with Gasteiger partial charge in [-0.25, -0.2) is 4.79 Å². The molecule has 3 rings (SSSR count). The fourth-order valence-electron chi connectivity index (χ4n) is 4.58. The molecule has 3 fully saturated rings. The molecule has 118 valence electrons. The average Bonchev–Trinajstić information content (AvgIpc) is 3.03. The number of primary amides is 1. The Morgan fingerprint density at radius 1 is 1.14 bits per heavy atom. The molecule has 1 saturated heterocycles. The van der Waals surface area contributed by atoms with Gasteiger partial charge in [0.05, 0.1) is 5.41 Å². The Morgan fingerprint density at radius 2 is 1.90 bits per heavy atom. The Labute approximate surface area is 126 Å². The minimum atomic E-state index is -0.442. The fraction of sp³-hybridized carbons (Fsp3) is 0.875. The van der Waals surface area contributed by atoms with Crippen LogP contribution in [0.1, 0.15) is 51.4 Å². The van der Waals surface area contributed by atoms with Crippen LogP contribution in [0.3, 0.4) is 0 Å². The van der Waals surface area contributed by atoms with Crippen LogP contribution in [-0.4, -0.2) is 36.5 Å². The van der Waals surface area contributed by atoms with Gasteiger partial charge in [0.2, 0.25) is 5.91 Å². The molecule has 5 heteroatoms. The van der Waals surface area contributed by atoms with E-state index in [0.29, 0.717) is 19.0 Å². The lowest BCUT2D eigenvalue weighted by atomic mass is 9.80. The highest BCUT2D eigenvalue weighted by molar-refractivity contribution is 5.84. The topological polar surface area (TPSA) is 75.4 Å². The van der Waals surface area contributed by atoms with Crippen molar-refractivity contribution in [3.63, 3.8) is 0 Å². The highest BCUT2D eigenvalue weighted by Gasteiger charge is 2.54. The van der Waals surface area contributed by atoms with E-state index in [2.05, 4.69) is 5.32 Å². The first-order valence-electron chi connectivity index (χ1n) is 8.44. The summed E-state index contributed by atoms with van der Waals surface area (Å²) in [6, 6.07) is -0.00408. The van der Waals surface area contributed by atoms with Crippen LogP contribution in [0, 0.1) is 17.3 Å². The van der Waals surface area contributed by atoms with Crippen LogP contribution in [-0.2, 0) is 4.79 Å². The molecule has 3 N–H and O–H groups in total. The molecular formula is C16H27N3O2. The van der Waals surface area contributed by atoms with Gasteiger partial charge in [0.25, 0.3) is 0 Å². The second-order valence-corrected chi connectivity index (χ2v) is 7.18. The first-order valence-corrected chi connectivity index (χ1v) is 8.44. The molecule has 1 heterocycles. The molecule has 0 bridgehead atoms. The van der Waals surface area contributed by atoms with E-state index in [-0.39, 0.29) is 17.9 Å². The molecule has 0 aromatic rings. The van der Waals surface area contributed by atoms with E-state index >= 15 is 0 Å². The maximum Gasteiger partial charge on any atom is 0.317 e. The number of nitrogens with zero attached hydrogens (tertiary/aromatic N) is 1. The van der Waals surface area contributed by atoms with Crippen molar-refractivity contribution in [1.82, 2.24) is 10.2 Å². The number of carbonyl (C=O) groups excluding carboxylic acids is 2. The van der Waals surface area contributed by atoms with Crippen LogP contribution in [0.15, 0.2) is 0 Å². The lowest BCUT2D eigenvalue weighted by Crippen LogP contribution is -2.44. The van der Waals surface area contributed by atoms with Gasteiger partial charge < -0.3 is 16.0 Å². The Balaban J connectivity index is 1.53. The van der Waals surface area contributed by atoms with Crippen molar-refractivity contribution in [2.45, 2.75) is 51.4 Å². The molecule has 21 heavy (non-hydrogen) atoms. The normalized spacial score (nSPS) is 33.0. The molecule has 0 aromatic carbocycles. The predicted molar refractivity (Wildman–Crippen MR) is 80.5 cm³/mol. The summed E-state index contributed by atoms with van der Waals surface area (Å²) in [6.07, 6.45) is 9.30. The first kappa shape index (κ1) is 14.7. The number of likely N-dealkylation sites (tertiary alicyclic amines) is 1. The van der Waals surface area contributed by atoms with Crippen molar-refractivity contribution in [1.29, 1.82) is 0 Å². The van der Waals surface area contributed by atoms with Crippen LogP contribution >= 0.6 is 0 Å². The van der Waals surface area contributed by atoms with Crippen molar-refractivity contribution >= 4 is 11.9 Å². The van der Waals surface area contributed by atoms with Gasteiger partial charge in [0, 0.05) is 19.6 Å². The van der Waals surface area contributed by atoms with Crippen molar-refractivity contribution in [2.75, 3.05) is 19.6 Å². The standard InChI is InChI=1S/C16H27N3O2/c17-14(20)16-8-4-7-13(16)10-19(11-16)15(21)18-9-12-5-2-1-3-6-12/h12-13H,1-11H2,(H2,17,20)(H,18,21)/t13-,16-/m0/s1. The number of fused-ring (bicyclic) bond motifs is 1. The summed E-state index contributed by atoms with van der Waals surface area (Å²) in [5.41, 5.74) is 5.19. The van der Waals surface area contributed by atoms with Gasteiger partial charge in [-0.2, -0.15) is 0 Å². The summed E-state index contributed by atoms with van der Waals surface area (Å²) in [4.78, 5) is 26.0. The van der Waals surface area contributed by atoms with Crippen molar-refractivity contribution in [3.05, 3.63) is 0 Å². The molecule has 2 saturated carbocycles. The van der Waals surface area contributed by atoms with Crippen LogP contribution < -0.4 is 11.1 Å². The fourth-order valence-corrected chi connectivity index (χ4v) is 4.58. The van der Waals surface area contributed by atoms with Crippen molar-refractivity contribution < 1.29 is 9.59 Å². The molecule has 3 aliphatic rings. The molecule has 5 nitrogen and oxygen atoms in total. The van der Waals surface area contributed by atoms with Gasteiger partial charge in [-0.1, -0.05) is 25.7 Å². The third-order valence-electron chi connectivity index (χ3n) is 5.92. The first-order chi connectivity index (χ1) is 10.1. The van der Waals surface area contributed by atoms with E-state index in [1.807, 2.05) is 4.90 Å². The molecule has 3 amide bonds. The van der Waals surface area contributed by atoms with E-state index < -0.39 is 5.41 Å². The second kappa shape index (κ2) is 5.85. The monoisotopic (exact) mass is 293 g/mol. The SMILES string of the molecule is NC(=O)[C@]12CCC[C@H]1CN(C(=O)NCC1CCCCC1)C2. The Hall–Kier alpha value is -1.26. The van der Waals surface area contributed by atoms with Gasteiger partial charge in [-0.15, -0.1) is 0 Å². The number of nitrogens with two attached hydrogens (primary N) is 1. The largest absolute Gasteiger partial charge is 0.369 e. The number of carbonyl (C=O) groups is 2. The van der Waals surface area contributed by atoms with Crippen LogP contribution in [0.2, 0.25) is 0 Å². The average molecular weight is 293 g/mol. The molecule has 2 atom stereocenters. The minimum absolute atomic E-state index is 0.00408.